The zero-order valence-corrected chi connectivity index (χ0v) is 13.0. The molecule has 0 aromatic heterocycles. The molecular weight excluding hydrogens is 368 g/mol. The van der Waals surface area contributed by atoms with E-state index in [-0.39, 0.29) is 17.4 Å². The number of rotatable bonds is 3. The third-order valence-corrected chi connectivity index (χ3v) is 3.29. The first kappa shape index (κ1) is 19.4. The van der Waals surface area contributed by atoms with Gasteiger partial charge in [0.25, 0.3) is 5.91 Å². The van der Waals surface area contributed by atoms with E-state index in [9.17, 15) is 36.2 Å². The predicted octanol–water partition coefficient (Wildman–Crippen LogP) is 4.69. The van der Waals surface area contributed by atoms with Crippen molar-refractivity contribution >= 4 is 11.6 Å². The number of phenolic OH excluding ortho intramolecular Hbond substituents is 1. The summed E-state index contributed by atoms with van der Waals surface area (Å²) in [5.41, 5.74) is -4.25. The third-order valence-electron chi connectivity index (χ3n) is 3.29. The molecule has 0 aliphatic heterocycles. The maximum absolute atomic E-state index is 12.8. The normalized spacial score (nSPS) is 12.0. The van der Waals surface area contributed by atoms with Crippen LogP contribution in [0.4, 0.5) is 32.0 Å². The summed E-state index contributed by atoms with van der Waals surface area (Å²) in [6.45, 7) is 0. The van der Waals surface area contributed by atoms with Gasteiger partial charge in [-0.25, -0.2) is 0 Å². The predicted molar refractivity (Wildman–Crippen MR) is 79.1 cm³/mol. The minimum atomic E-state index is -5.04. The highest BCUT2D eigenvalue weighted by atomic mass is 19.4. The van der Waals surface area contributed by atoms with Crippen molar-refractivity contribution in [2.45, 2.75) is 12.4 Å². The molecule has 0 aliphatic rings. The average Bonchev–Trinajstić information content (AvgIpc) is 2.53. The zero-order chi connectivity index (χ0) is 19.7. The Labute approximate surface area is 143 Å². The molecule has 4 nitrogen and oxygen atoms in total. The lowest BCUT2D eigenvalue weighted by atomic mass is 10.1. The molecule has 0 heterocycles. The Morgan fingerprint density at radius 3 is 1.96 bits per heavy atom. The minimum absolute atomic E-state index is 0.0569. The van der Waals surface area contributed by atoms with Crippen molar-refractivity contribution in [3.63, 3.8) is 0 Å². The molecule has 2 aromatic carbocycles. The van der Waals surface area contributed by atoms with E-state index >= 15 is 0 Å². The van der Waals surface area contributed by atoms with Gasteiger partial charge in [0.1, 0.15) is 11.5 Å². The summed E-state index contributed by atoms with van der Waals surface area (Å²) < 4.78 is 81.8. The fourth-order valence-corrected chi connectivity index (χ4v) is 2.05. The standard InChI is InChI=1S/C16H11F6NO3/c1-26-11-2-3-13(24)12(7-11)14(25)23-10-5-8(15(17,18)19)4-9(6-10)16(20,21)22/h2-7,24H,1H3,(H,23,25). The van der Waals surface area contributed by atoms with Crippen molar-refractivity contribution < 1.29 is 41.0 Å². The molecule has 1 amide bonds. The number of hydrogen-bond acceptors (Lipinski definition) is 3. The van der Waals surface area contributed by atoms with Gasteiger partial charge in [-0.05, 0) is 36.4 Å². The molecule has 2 N–H and O–H groups in total. The molecule has 0 aliphatic carbocycles. The Morgan fingerprint density at radius 1 is 0.962 bits per heavy atom. The van der Waals surface area contributed by atoms with Crippen LogP contribution < -0.4 is 10.1 Å². The molecular formula is C16H11F6NO3. The Morgan fingerprint density at radius 2 is 1.50 bits per heavy atom. The Balaban J connectivity index is 2.44. The van der Waals surface area contributed by atoms with Crippen molar-refractivity contribution in [3.8, 4) is 11.5 Å². The zero-order valence-electron chi connectivity index (χ0n) is 13.0. The van der Waals surface area contributed by atoms with Crippen LogP contribution in [0.15, 0.2) is 36.4 Å². The Hall–Kier alpha value is -2.91. The molecule has 2 aromatic rings. The van der Waals surface area contributed by atoms with Gasteiger partial charge in [0.2, 0.25) is 0 Å². The molecule has 0 fully saturated rings. The van der Waals surface area contributed by atoms with E-state index in [1.54, 1.807) is 0 Å². The van der Waals surface area contributed by atoms with Gasteiger partial charge in [-0.1, -0.05) is 0 Å². The molecule has 0 saturated heterocycles. The molecule has 0 spiro atoms. The number of benzene rings is 2. The number of aromatic hydroxyl groups is 1. The van der Waals surface area contributed by atoms with E-state index in [0.717, 1.165) is 12.1 Å². The first-order valence-electron chi connectivity index (χ1n) is 6.89. The van der Waals surface area contributed by atoms with Crippen LogP contribution in [0.25, 0.3) is 0 Å². The number of carbonyl (C=O) groups excluding carboxylic acids is 1. The topological polar surface area (TPSA) is 58.6 Å². The molecule has 26 heavy (non-hydrogen) atoms. The van der Waals surface area contributed by atoms with Crippen LogP contribution in [-0.4, -0.2) is 18.1 Å². The van der Waals surface area contributed by atoms with E-state index in [1.165, 1.54) is 13.2 Å². The van der Waals surface area contributed by atoms with Crippen molar-refractivity contribution in [1.82, 2.24) is 0 Å². The summed E-state index contributed by atoms with van der Waals surface area (Å²) in [4.78, 5) is 12.1. The Bertz CT molecular complexity index is 797. The lowest BCUT2D eigenvalue weighted by Crippen LogP contribution is -2.16. The van der Waals surface area contributed by atoms with Crippen LogP contribution in [0.5, 0.6) is 11.5 Å². The number of hydrogen-bond donors (Lipinski definition) is 2. The lowest BCUT2D eigenvalue weighted by Gasteiger charge is -2.15. The molecule has 0 radical (unpaired) electrons. The summed E-state index contributed by atoms with van der Waals surface area (Å²) >= 11 is 0. The number of amides is 1. The summed E-state index contributed by atoms with van der Waals surface area (Å²) in [6, 6.07) is 4.18. The maximum Gasteiger partial charge on any atom is 0.416 e. The van der Waals surface area contributed by atoms with E-state index in [2.05, 4.69) is 0 Å². The highest BCUT2D eigenvalue weighted by molar-refractivity contribution is 6.06. The van der Waals surface area contributed by atoms with E-state index < -0.39 is 40.8 Å². The Kier molecular flexibility index (Phi) is 5.06. The molecule has 0 saturated carbocycles. The van der Waals surface area contributed by atoms with Crippen LogP contribution in [-0.2, 0) is 12.4 Å². The third kappa shape index (κ3) is 4.38. The van der Waals surface area contributed by atoms with Crippen LogP contribution >= 0.6 is 0 Å². The number of halogens is 6. The first-order valence-corrected chi connectivity index (χ1v) is 6.89. The molecule has 0 atom stereocenters. The van der Waals surface area contributed by atoms with Crippen LogP contribution in [0.2, 0.25) is 0 Å². The summed E-state index contributed by atoms with van der Waals surface area (Å²) in [7, 11) is 1.27. The van der Waals surface area contributed by atoms with Crippen molar-refractivity contribution in [1.29, 1.82) is 0 Å². The summed E-state index contributed by atoms with van der Waals surface area (Å²) in [6.07, 6.45) is -10.1. The van der Waals surface area contributed by atoms with Crippen molar-refractivity contribution in [3.05, 3.63) is 53.1 Å². The van der Waals surface area contributed by atoms with Gasteiger partial charge in [0, 0.05) is 5.69 Å². The maximum atomic E-state index is 12.8. The van der Waals surface area contributed by atoms with Gasteiger partial charge < -0.3 is 15.2 Å². The molecule has 0 bridgehead atoms. The average molecular weight is 379 g/mol. The van der Waals surface area contributed by atoms with Gasteiger partial charge in [-0.2, -0.15) is 26.3 Å². The monoisotopic (exact) mass is 379 g/mol. The number of carbonyl (C=O) groups is 1. The lowest BCUT2D eigenvalue weighted by molar-refractivity contribution is -0.143. The van der Waals surface area contributed by atoms with E-state index in [0.29, 0.717) is 12.1 Å². The van der Waals surface area contributed by atoms with Gasteiger partial charge in [-0.3, -0.25) is 4.79 Å². The van der Waals surface area contributed by atoms with Crippen LogP contribution in [0.3, 0.4) is 0 Å². The number of phenols is 1. The van der Waals surface area contributed by atoms with Gasteiger partial charge >= 0.3 is 12.4 Å². The quantitative estimate of drug-likeness (QED) is 0.761. The van der Waals surface area contributed by atoms with Crippen molar-refractivity contribution in [2.24, 2.45) is 0 Å². The number of alkyl halides is 6. The van der Waals surface area contributed by atoms with Gasteiger partial charge in [0.15, 0.2) is 0 Å². The van der Waals surface area contributed by atoms with E-state index in [4.69, 9.17) is 4.74 Å². The first-order chi connectivity index (χ1) is 11.9. The minimum Gasteiger partial charge on any atom is -0.507 e. The fraction of sp³-hybridized carbons (Fsp3) is 0.188. The molecule has 10 heteroatoms. The van der Waals surface area contributed by atoms with Crippen LogP contribution in [0.1, 0.15) is 21.5 Å². The number of anilines is 1. The van der Waals surface area contributed by atoms with Crippen molar-refractivity contribution in [2.75, 3.05) is 12.4 Å². The van der Waals surface area contributed by atoms with Crippen LogP contribution in [0, 0.1) is 0 Å². The second-order valence-electron chi connectivity index (χ2n) is 5.13. The van der Waals surface area contributed by atoms with E-state index in [1.807, 2.05) is 5.32 Å². The number of methoxy groups -OCH3 is 1. The SMILES string of the molecule is COc1ccc(O)c(C(=O)Nc2cc(C(F)(F)F)cc(C(F)(F)F)c2)c1. The molecule has 0 unspecified atom stereocenters. The summed E-state index contributed by atoms with van der Waals surface area (Å²) in [5.74, 6) is -1.46. The molecule has 140 valence electrons. The number of nitrogens with one attached hydrogen (secondary N) is 1. The summed E-state index contributed by atoms with van der Waals surface area (Å²) in [5, 5.41) is 11.6. The largest absolute Gasteiger partial charge is 0.507 e. The second kappa shape index (κ2) is 6.77. The smallest absolute Gasteiger partial charge is 0.416 e. The number of ether oxygens (including phenoxy) is 1. The highest BCUT2D eigenvalue weighted by Crippen LogP contribution is 2.37. The van der Waals surface area contributed by atoms with Gasteiger partial charge in [0.05, 0.1) is 23.8 Å². The highest BCUT2D eigenvalue weighted by Gasteiger charge is 2.37. The second-order valence-corrected chi connectivity index (χ2v) is 5.13. The van der Waals surface area contributed by atoms with Gasteiger partial charge in [-0.15, -0.1) is 0 Å². The molecule has 2 rings (SSSR count). The fourth-order valence-electron chi connectivity index (χ4n) is 2.05.